The molecule has 0 aliphatic heterocycles. The minimum atomic E-state index is -3.88. The molecule has 2 N–H and O–H groups in total. The second kappa shape index (κ2) is 7.29. The minimum Gasteiger partial charge on any atom is -0.324 e. The highest BCUT2D eigenvalue weighted by molar-refractivity contribution is 7.89. The first-order valence-electron chi connectivity index (χ1n) is 7.04. The zero-order chi connectivity index (χ0) is 17.9. The number of benzene rings is 2. The summed E-state index contributed by atoms with van der Waals surface area (Å²) in [5.41, 5.74) is 0.954. The van der Waals surface area contributed by atoms with Gasteiger partial charge in [-0.25, -0.2) is 12.8 Å². The smallest absolute Gasteiger partial charge is 0.242 e. The number of aryl methyl sites for hydroxylation is 1. The van der Waals surface area contributed by atoms with E-state index in [1.54, 1.807) is 6.92 Å². The topological polar surface area (TPSA) is 75.3 Å². The molecule has 8 heteroatoms. The van der Waals surface area contributed by atoms with Gasteiger partial charge < -0.3 is 5.32 Å². The Morgan fingerprint density at radius 3 is 2.42 bits per heavy atom. The second-order valence-electron chi connectivity index (χ2n) is 5.25. The first-order chi connectivity index (χ1) is 11.2. The Balaban J connectivity index is 2.10. The average Bonchev–Trinajstić information content (AvgIpc) is 2.51. The quantitative estimate of drug-likeness (QED) is 0.849. The number of rotatable bonds is 5. The van der Waals surface area contributed by atoms with Gasteiger partial charge in [0.2, 0.25) is 15.9 Å². The molecule has 0 aromatic heterocycles. The first kappa shape index (κ1) is 18.4. The van der Waals surface area contributed by atoms with E-state index in [2.05, 4.69) is 10.0 Å². The van der Waals surface area contributed by atoms with Crippen molar-refractivity contribution in [3.8, 4) is 0 Å². The van der Waals surface area contributed by atoms with Crippen molar-refractivity contribution in [1.29, 1.82) is 0 Å². The van der Waals surface area contributed by atoms with E-state index < -0.39 is 27.8 Å². The normalized spacial score (nSPS) is 12.7. The van der Waals surface area contributed by atoms with Crippen molar-refractivity contribution in [2.24, 2.45) is 0 Å². The number of hydrogen-bond acceptors (Lipinski definition) is 3. The molecule has 2 rings (SSSR count). The van der Waals surface area contributed by atoms with Crippen LogP contribution in [-0.4, -0.2) is 20.4 Å². The van der Waals surface area contributed by atoms with E-state index in [9.17, 15) is 17.6 Å². The van der Waals surface area contributed by atoms with Crippen LogP contribution >= 0.6 is 11.6 Å². The Kier molecular flexibility index (Phi) is 5.58. The Morgan fingerprint density at radius 2 is 1.79 bits per heavy atom. The van der Waals surface area contributed by atoms with Crippen LogP contribution in [0.1, 0.15) is 12.5 Å². The lowest BCUT2D eigenvalue weighted by atomic mass is 10.2. The van der Waals surface area contributed by atoms with Crippen LogP contribution in [-0.2, 0) is 14.8 Å². The van der Waals surface area contributed by atoms with Gasteiger partial charge in [-0.1, -0.05) is 17.7 Å². The molecule has 1 atom stereocenters. The molecule has 2 aromatic carbocycles. The third-order valence-corrected chi connectivity index (χ3v) is 5.12. The van der Waals surface area contributed by atoms with Gasteiger partial charge in [-0.15, -0.1) is 0 Å². The van der Waals surface area contributed by atoms with E-state index in [0.717, 1.165) is 0 Å². The number of hydrogen-bond donors (Lipinski definition) is 2. The van der Waals surface area contributed by atoms with Gasteiger partial charge in [0, 0.05) is 10.7 Å². The third-order valence-electron chi connectivity index (χ3n) is 3.31. The Labute approximate surface area is 144 Å². The Morgan fingerprint density at radius 1 is 1.17 bits per heavy atom. The lowest BCUT2D eigenvalue weighted by Crippen LogP contribution is -2.41. The fourth-order valence-electron chi connectivity index (χ4n) is 1.94. The summed E-state index contributed by atoms with van der Waals surface area (Å²) in [6, 6.07) is 8.48. The molecule has 0 saturated carbocycles. The minimum absolute atomic E-state index is 0.00603. The van der Waals surface area contributed by atoms with Gasteiger partial charge in [0.1, 0.15) is 5.82 Å². The monoisotopic (exact) mass is 370 g/mol. The molecule has 0 spiro atoms. The highest BCUT2D eigenvalue weighted by Crippen LogP contribution is 2.17. The number of nitrogens with one attached hydrogen (secondary N) is 2. The summed E-state index contributed by atoms with van der Waals surface area (Å²) in [4.78, 5) is 12.2. The number of halogens is 2. The van der Waals surface area contributed by atoms with Crippen LogP contribution in [0.25, 0.3) is 0 Å². The van der Waals surface area contributed by atoms with Crippen LogP contribution in [0.5, 0.6) is 0 Å². The van der Waals surface area contributed by atoms with E-state index >= 15 is 0 Å². The predicted octanol–water partition coefficient (Wildman–Crippen LogP) is 3.09. The lowest BCUT2D eigenvalue weighted by molar-refractivity contribution is -0.117. The molecule has 2 aromatic rings. The third kappa shape index (κ3) is 4.53. The molecule has 128 valence electrons. The van der Waals surface area contributed by atoms with Gasteiger partial charge in [0.05, 0.1) is 10.9 Å². The highest BCUT2D eigenvalue weighted by atomic mass is 35.5. The van der Waals surface area contributed by atoms with E-state index in [-0.39, 0.29) is 10.6 Å². The molecular weight excluding hydrogens is 355 g/mol. The van der Waals surface area contributed by atoms with Crippen LogP contribution in [0.3, 0.4) is 0 Å². The van der Waals surface area contributed by atoms with Gasteiger partial charge >= 0.3 is 0 Å². The standard InChI is InChI=1S/C16H16ClFN2O3S/c1-10-3-6-13(18)9-15(10)19-16(21)11(2)20-24(22,23)14-7-4-12(17)5-8-14/h3-9,11,20H,1-2H3,(H,19,21)/t11-/m1/s1. The predicted molar refractivity (Wildman–Crippen MR) is 91.0 cm³/mol. The molecule has 0 heterocycles. The Hall–Kier alpha value is -1.96. The summed E-state index contributed by atoms with van der Waals surface area (Å²) in [7, 11) is -3.88. The molecule has 0 unspecified atom stereocenters. The summed E-state index contributed by atoms with van der Waals surface area (Å²) in [5.74, 6) is -1.09. The summed E-state index contributed by atoms with van der Waals surface area (Å²) in [6.45, 7) is 3.11. The number of carbonyl (C=O) groups excluding carboxylic acids is 1. The van der Waals surface area contributed by atoms with Crippen LogP contribution in [0, 0.1) is 12.7 Å². The molecule has 0 fully saturated rings. The van der Waals surface area contributed by atoms with Gasteiger partial charge in [-0.05, 0) is 55.8 Å². The molecule has 0 bridgehead atoms. The van der Waals surface area contributed by atoms with Crippen molar-refractivity contribution < 1.29 is 17.6 Å². The largest absolute Gasteiger partial charge is 0.324 e. The molecule has 0 saturated heterocycles. The number of anilines is 1. The molecule has 1 amide bonds. The number of sulfonamides is 1. The lowest BCUT2D eigenvalue weighted by Gasteiger charge is -2.15. The van der Waals surface area contributed by atoms with Crippen molar-refractivity contribution in [2.75, 3.05) is 5.32 Å². The molecule has 0 aliphatic rings. The van der Waals surface area contributed by atoms with Crippen LogP contribution in [0.2, 0.25) is 5.02 Å². The van der Waals surface area contributed by atoms with Gasteiger partial charge in [-0.2, -0.15) is 4.72 Å². The Bertz CT molecular complexity index is 854. The van der Waals surface area contributed by atoms with Crippen LogP contribution in [0.4, 0.5) is 10.1 Å². The van der Waals surface area contributed by atoms with E-state index in [1.165, 1.54) is 49.4 Å². The van der Waals surface area contributed by atoms with Crippen molar-refractivity contribution in [1.82, 2.24) is 4.72 Å². The number of carbonyl (C=O) groups is 1. The van der Waals surface area contributed by atoms with E-state index in [4.69, 9.17) is 11.6 Å². The van der Waals surface area contributed by atoms with E-state index in [1.807, 2.05) is 0 Å². The van der Waals surface area contributed by atoms with Crippen LogP contribution in [0.15, 0.2) is 47.4 Å². The molecule has 5 nitrogen and oxygen atoms in total. The highest BCUT2D eigenvalue weighted by Gasteiger charge is 2.22. The summed E-state index contributed by atoms with van der Waals surface area (Å²) in [6.07, 6.45) is 0. The second-order valence-corrected chi connectivity index (χ2v) is 7.40. The SMILES string of the molecule is Cc1ccc(F)cc1NC(=O)[C@@H](C)NS(=O)(=O)c1ccc(Cl)cc1. The summed E-state index contributed by atoms with van der Waals surface area (Å²) in [5, 5.41) is 2.91. The zero-order valence-electron chi connectivity index (χ0n) is 13.0. The number of amides is 1. The maximum Gasteiger partial charge on any atom is 0.242 e. The van der Waals surface area contributed by atoms with Gasteiger partial charge in [0.15, 0.2) is 0 Å². The summed E-state index contributed by atoms with van der Waals surface area (Å²) < 4.78 is 40.0. The summed E-state index contributed by atoms with van der Waals surface area (Å²) >= 11 is 5.73. The van der Waals surface area contributed by atoms with E-state index in [0.29, 0.717) is 10.6 Å². The van der Waals surface area contributed by atoms with Gasteiger partial charge in [0.25, 0.3) is 0 Å². The van der Waals surface area contributed by atoms with Crippen molar-refractivity contribution in [2.45, 2.75) is 24.8 Å². The molecule has 0 radical (unpaired) electrons. The fourth-order valence-corrected chi connectivity index (χ4v) is 3.27. The van der Waals surface area contributed by atoms with Crippen molar-refractivity contribution in [3.63, 3.8) is 0 Å². The first-order valence-corrected chi connectivity index (χ1v) is 8.90. The van der Waals surface area contributed by atoms with Crippen molar-refractivity contribution in [3.05, 3.63) is 58.9 Å². The zero-order valence-corrected chi connectivity index (χ0v) is 14.6. The molecule has 0 aliphatic carbocycles. The fraction of sp³-hybridized carbons (Fsp3) is 0.188. The molecule has 24 heavy (non-hydrogen) atoms. The van der Waals surface area contributed by atoms with Crippen LogP contribution < -0.4 is 10.0 Å². The maximum atomic E-state index is 13.3. The van der Waals surface area contributed by atoms with Crippen molar-refractivity contribution >= 4 is 33.2 Å². The molecular formula is C16H16ClFN2O3S. The average molecular weight is 371 g/mol. The van der Waals surface area contributed by atoms with Gasteiger partial charge in [-0.3, -0.25) is 4.79 Å². The maximum absolute atomic E-state index is 13.3.